The van der Waals surface area contributed by atoms with Crippen molar-refractivity contribution in [3.8, 4) is 56.4 Å². The second-order valence-corrected chi connectivity index (χ2v) is 15.3. The maximum Gasteiger partial charge on any atom is 0.0998 e. The van der Waals surface area contributed by atoms with Crippen LogP contribution in [0.4, 0.5) is 0 Å². The summed E-state index contributed by atoms with van der Waals surface area (Å²) in [6.45, 7) is 0. The number of hydrogen-bond acceptors (Lipinski definition) is 2. The lowest BCUT2D eigenvalue weighted by Crippen LogP contribution is -1.93. The van der Waals surface area contributed by atoms with Crippen LogP contribution < -0.4 is 0 Å². The van der Waals surface area contributed by atoms with Crippen molar-refractivity contribution in [2.45, 2.75) is 0 Å². The molecule has 0 aliphatic heterocycles. The van der Waals surface area contributed by atoms with Crippen molar-refractivity contribution >= 4 is 64.9 Å². The topological polar surface area (TPSA) is 41.6 Å². The van der Waals surface area contributed by atoms with Gasteiger partial charge in [-0.25, -0.2) is 0 Å². The van der Waals surface area contributed by atoms with Crippen LogP contribution in [0.2, 0.25) is 0 Å². The highest BCUT2D eigenvalue weighted by atomic mass is 15.0. The minimum absolute atomic E-state index is 0.694. The molecule has 2 aromatic heterocycles. The molecule has 2 heterocycles. The number of nitrogens with zero attached hydrogens (tertiary/aromatic N) is 3. The zero-order valence-corrected chi connectivity index (χ0v) is 31.9. The molecule has 0 aliphatic carbocycles. The highest BCUT2D eigenvalue weighted by Crippen LogP contribution is 2.46. The van der Waals surface area contributed by atoms with E-state index in [0.717, 1.165) is 55.4 Å². The van der Waals surface area contributed by atoms with Gasteiger partial charge in [-0.15, -0.1) is 0 Å². The Kier molecular flexibility index (Phi) is 7.29. The normalized spacial score (nSPS) is 11.7. The Bertz CT molecular complexity index is 3580. The van der Waals surface area contributed by atoms with Crippen molar-refractivity contribution < 1.29 is 0 Å². The molecule has 0 atom stereocenters. The first kappa shape index (κ1) is 33.1. The van der Waals surface area contributed by atoms with E-state index in [1.807, 2.05) is 18.3 Å². The lowest BCUT2D eigenvalue weighted by Gasteiger charge is -2.18. The number of pyridine rings is 1. The van der Waals surface area contributed by atoms with Crippen molar-refractivity contribution in [1.29, 1.82) is 5.26 Å². The zero-order valence-electron chi connectivity index (χ0n) is 31.9. The molecule has 0 aliphatic rings. The number of benzene rings is 10. The lowest BCUT2D eigenvalue weighted by molar-refractivity contribution is 1.18. The summed E-state index contributed by atoms with van der Waals surface area (Å²) in [6, 6.07) is 71.7. The van der Waals surface area contributed by atoms with E-state index >= 15 is 0 Å². The Morgan fingerprint density at radius 3 is 1.66 bits per heavy atom. The van der Waals surface area contributed by atoms with Gasteiger partial charge in [0.2, 0.25) is 0 Å². The maximum atomic E-state index is 10.0. The molecule has 0 bridgehead atoms. The van der Waals surface area contributed by atoms with Crippen LogP contribution in [0.15, 0.2) is 200 Å². The van der Waals surface area contributed by atoms with Crippen LogP contribution in [0.3, 0.4) is 0 Å². The van der Waals surface area contributed by atoms with E-state index in [4.69, 9.17) is 4.98 Å². The molecule has 59 heavy (non-hydrogen) atoms. The monoisotopic (exact) mass is 747 g/mol. The van der Waals surface area contributed by atoms with Gasteiger partial charge in [-0.1, -0.05) is 158 Å². The molecule has 272 valence electrons. The van der Waals surface area contributed by atoms with E-state index in [-0.39, 0.29) is 0 Å². The maximum absolute atomic E-state index is 10.0. The minimum Gasteiger partial charge on any atom is -0.309 e. The Labute approximate surface area is 340 Å². The molecule has 0 radical (unpaired) electrons. The van der Waals surface area contributed by atoms with Crippen molar-refractivity contribution in [2.75, 3.05) is 0 Å². The number of nitriles is 1. The Hall–Kier alpha value is -8.06. The molecule has 0 fully saturated rings. The van der Waals surface area contributed by atoms with Gasteiger partial charge in [0.05, 0.1) is 28.4 Å². The predicted octanol–water partition coefficient (Wildman–Crippen LogP) is 14.8. The van der Waals surface area contributed by atoms with Crippen molar-refractivity contribution in [2.24, 2.45) is 0 Å². The highest BCUT2D eigenvalue weighted by molar-refractivity contribution is 6.27. The fourth-order valence-electron chi connectivity index (χ4n) is 9.67. The number of para-hydroxylation sites is 1. The molecule has 0 unspecified atom stereocenters. The first-order valence-electron chi connectivity index (χ1n) is 20.0. The van der Waals surface area contributed by atoms with Gasteiger partial charge in [-0.2, -0.15) is 5.26 Å². The van der Waals surface area contributed by atoms with E-state index in [2.05, 4.69) is 193 Å². The molecule has 10 aromatic carbocycles. The highest BCUT2D eigenvalue weighted by Gasteiger charge is 2.21. The van der Waals surface area contributed by atoms with Gasteiger partial charge >= 0.3 is 0 Å². The van der Waals surface area contributed by atoms with Gasteiger partial charge in [-0.05, 0) is 102 Å². The number of aromatic nitrogens is 2. The minimum atomic E-state index is 0.694. The Balaban J connectivity index is 0.948. The molecular formula is C56H33N3. The summed E-state index contributed by atoms with van der Waals surface area (Å²) >= 11 is 0. The molecule has 3 heteroatoms. The average Bonchev–Trinajstić information content (AvgIpc) is 3.65. The lowest BCUT2D eigenvalue weighted by atomic mass is 9.85. The van der Waals surface area contributed by atoms with Crippen LogP contribution in [-0.4, -0.2) is 9.55 Å². The van der Waals surface area contributed by atoms with Gasteiger partial charge in [0.25, 0.3) is 0 Å². The van der Waals surface area contributed by atoms with Crippen LogP contribution >= 0.6 is 0 Å². The third-order valence-corrected chi connectivity index (χ3v) is 12.3. The molecule has 0 saturated carbocycles. The second-order valence-electron chi connectivity index (χ2n) is 15.3. The fraction of sp³-hybridized carbons (Fsp3) is 0. The average molecular weight is 748 g/mol. The molecule has 0 spiro atoms. The summed E-state index contributed by atoms with van der Waals surface area (Å²) in [5, 5.41) is 21.9. The third kappa shape index (κ3) is 4.97. The molecule has 0 amide bonds. The van der Waals surface area contributed by atoms with Crippen LogP contribution in [0.5, 0.6) is 0 Å². The number of hydrogen-bond donors (Lipinski definition) is 0. The summed E-state index contributed by atoms with van der Waals surface area (Å²) in [4.78, 5) is 5.09. The molecule has 0 N–H and O–H groups in total. The van der Waals surface area contributed by atoms with Gasteiger partial charge < -0.3 is 4.57 Å². The Morgan fingerprint density at radius 2 is 0.966 bits per heavy atom. The molecular weight excluding hydrogens is 715 g/mol. The zero-order chi connectivity index (χ0) is 39.0. The summed E-state index contributed by atoms with van der Waals surface area (Å²) < 4.78 is 2.32. The SMILES string of the molecule is N#Cc1ccc2c3c1ccc1c(-c4ccc(-c5ccc(-c6c7ccccc7c(-c7cccc8ccccc78)c7ccccc67)cn5)cc4)ccc(c13)n2-c1ccccc1. The van der Waals surface area contributed by atoms with Crippen molar-refractivity contribution in [3.05, 3.63) is 206 Å². The van der Waals surface area contributed by atoms with E-state index in [1.54, 1.807) is 0 Å². The summed E-state index contributed by atoms with van der Waals surface area (Å²) in [5.74, 6) is 0. The van der Waals surface area contributed by atoms with Gasteiger partial charge in [0.1, 0.15) is 0 Å². The van der Waals surface area contributed by atoms with Gasteiger partial charge in [0, 0.05) is 39.2 Å². The van der Waals surface area contributed by atoms with Crippen LogP contribution in [0.25, 0.3) is 115 Å². The van der Waals surface area contributed by atoms with Crippen LogP contribution in [0, 0.1) is 11.3 Å². The van der Waals surface area contributed by atoms with Gasteiger partial charge in [-0.3, -0.25) is 4.98 Å². The number of rotatable bonds is 5. The Morgan fingerprint density at radius 1 is 0.390 bits per heavy atom. The first-order chi connectivity index (χ1) is 29.2. The van der Waals surface area contributed by atoms with Crippen molar-refractivity contribution in [1.82, 2.24) is 9.55 Å². The summed E-state index contributed by atoms with van der Waals surface area (Å²) in [7, 11) is 0. The molecule has 3 nitrogen and oxygen atoms in total. The predicted molar refractivity (Wildman–Crippen MR) is 246 cm³/mol. The van der Waals surface area contributed by atoms with E-state index < -0.39 is 0 Å². The molecule has 0 saturated heterocycles. The van der Waals surface area contributed by atoms with Crippen LogP contribution in [0.1, 0.15) is 5.56 Å². The second kappa shape index (κ2) is 13.0. The summed E-state index contributed by atoms with van der Waals surface area (Å²) in [6.07, 6.45) is 2.04. The first-order valence-corrected chi connectivity index (χ1v) is 20.0. The number of fused-ring (bicyclic) bond motifs is 3. The molecule has 12 rings (SSSR count). The largest absolute Gasteiger partial charge is 0.309 e. The van der Waals surface area contributed by atoms with E-state index in [1.165, 1.54) is 59.8 Å². The summed E-state index contributed by atoms with van der Waals surface area (Å²) in [5.41, 5.74) is 13.1. The quantitative estimate of drug-likeness (QED) is 0.130. The van der Waals surface area contributed by atoms with E-state index in [0.29, 0.717) is 5.56 Å². The smallest absolute Gasteiger partial charge is 0.0998 e. The van der Waals surface area contributed by atoms with E-state index in [9.17, 15) is 5.26 Å². The van der Waals surface area contributed by atoms with Crippen LogP contribution in [-0.2, 0) is 0 Å². The van der Waals surface area contributed by atoms with Crippen molar-refractivity contribution in [3.63, 3.8) is 0 Å². The fourth-order valence-corrected chi connectivity index (χ4v) is 9.67. The van der Waals surface area contributed by atoms with Gasteiger partial charge in [0.15, 0.2) is 0 Å². The molecule has 12 aromatic rings. The standard InChI is InChI=1S/C56H33N3/c57-33-38-26-31-51-55-43(38)27-28-49-42(29-32-52(56(49)55)59(51)40-13-2-1-3-14-40)36-21-23-37(24-22-36)50-30-25-39(34-58-50)53-45-16-6-8-18-47(45)54(48-19-9-7-17-46(48)53)44-20-10-12-35-11-4-5-15-41(35)44/h1-32,34H. The third-order valence-electron chi connectivity index (χ3n) is 12.3.